The van der Waals surface area contributed by atoms with Gasteiger partial charge < -0.3 is 18.9 Å². The van der Waals surface area contributed by atoms with E-state index in [9.17, 15) is 14.4 Å². The first-order chi connectivity index (χ1) is 14.7. The van der Waals surface area contributed by atoms with Gasteiger partial charge in [0.15, 0.2) is 5.78 Å². The van der Waals surface area contributed by atoms with Crippen molar-refractivity contribution in [2.75, 3.05) is 20.8 Å². The number of carbonyl (C=O) groups is 3. The van der Waals surface area contributed by atoms with Gasteiger partial charge in [0.05, 0.1) is 20.3 Å². The number of rotatable bonds is 9. The van der Waals surface area contributed by atoms with Crippen molar-refractivity contribution >= 4 is 17.7 Å². The molecule has 0 N–H and O–H groups in total. The Labute approximate surface area is 183 Å². The first-order valence-corrected chi connectivity index (χ1v) is 10.5. The topological polar surface area (TPSA) is 77.8 Å². The molecule has 1 amide bonds. The number of Topliss-reactive ketones (excluding diaryl/α,β-unsaturated/α-hetero) is 1. The molecule has 168 valence electrons. The molecule has 0 aliphatic heterocycles. The van der Waals surface area contributed by atoms with Gasteiger partial charge in [0.1, 0.15) is 11.4 Å². The highest BCUT2D eigenvalue weighted by molar-refractivity contribution is 6.07. The average Bonchev–Trinajstić information content (AvgIpc) is 3.04. The van der Waals surface area contributed by atoms with Gasteiger partial charge in [-0.15, -0.1) is 0 Å². The molecule has 0 aliphatic rings. The molecule has 0 saturated carbocycles. The minimum absolute atomic E-state index is 0.197. The van der Waals surface area contributed by atoms with Crippen LogP contribution >= 0.6 is 0 Å². The highest BCUT2D eigenvalue weighted by atomic mass is 16.5. The van der Waals surface area contributed by atoms with Crippen LogP contribution in [0.2, 0.25) is 0 Å². The molecule has 1 unspecified atom stereocenters. The molecule has 7 nitrogen and oxygen atoms in total. The van der Waals surface area contributed by atoms with E-state index in [0.717, 1.165) is 0 Å². The largest absolute Gasteiger partial charge is 0.497 e. The lowest BCUT2D eigenvalue weighted by Crippen LogP contribution is -2.44. The summed E-state index contributed by atoms with van der Waals surface area (Å²) in [4.78, 5) is 40.8. The van der Waals surface area contributed by atoms with Crippen LogP contribution in [0, 0.1) is 13.8 Å². The van der Waals surface area contributed by atoms with Gasteiger partial charge in [0, 0.05) is 29.9 Å². The van der Waals surface area contributed by atoms with Crippen molar-refractivity contribution in [1.82, 2.24) is 9.47 Å². The number of esters is 1. The van der Waals surface area contributed by atoms with E-state index < -0.39 is 12.0 Å². The van der Waals surface area contributed by atoms with E-state index in [2.05, 4.69) is 0 Å². The van der Waals surface area contributed by atoms with Gasteiger partial charge in [0.25, 0.3) is 5.91 Å². The van der Waals surface area contributed by atoms with Gasteiger partial charge in [-0.2, -0.15) is 0 Å². The smallest absolute Gasteiger partial charge is 0.354 e. The normalized spacial score (nSPS) is 11.7. The summed E-state index contributed by atoms with van der Waals surface area (Å²) in [6.07, 6.45) is 0.703. The molecule has 0 spiro atoms. The number of benzene rings is 1. The van der Waals surface area contributed by atoms with Crippen molar-refractivity contribution in [3.8, 4) is 5.75 Å². The fourth-order valence-electron chi connectivity index (χ4n) is 4.00. The summed E-state index contributed by atoms with van der Waals surface area (Å²) < 4.78 is 11.9. The van der Waals surface area contributed by atoms with Gasteiger partial charge >= 0.3 is 5.97 Å². The molecule has 1 atom stereocenters. The van der Waals surface area contributed by atoms with Crippen LogP contribution in [-0.4, -0.2) is 53.9 Å². The third-order valence-electron chi connectivity index (χ3n) is 5.60. The molecular formula is C24H32N2O5. The molecular weight excluding hydrogens is 396 g/mol. The van der Waals surface area contributed by atoms with Gasteiger partial charge in [0.2, 0.25) is 0 Å². The van der Waals surface area contributed by atoms with E-state index in [1.807, 2.05) is 20.8 Å². The molecule has 2 aromatic rings. The Morgan fingerprint density at radius 3 is 2.35 bits per heavy atom. The maximum atomic E-state index is 13.6. The number of carbonyl (C=O) groups excluding carboxylic acids is 3. The van der Waals surface area contributed by atoms with E-state index in [4.69, 9.17) is 9.47 Å². The van der Waals surface area contributed by atoms with Crippen molar-refractivity contribution in [2.45, 2.75) is 53.6 Å². The molecule has 2 rings (SSSR count). The highest BCUT2D eigenvalue weighted by Crippen LogP contribution is 2.26. The number of hydrogen-bond donors (Lipinski definition) is 0. The molecule has 0 bridgehead atoms. The van der Waals surface area contributed by atoms with Gasteiger partial charge in [-0.1, -0.05) is 13.0 Å². The van der Waals surface area contributed by atoms with Crippen LogP contribution in [0.25, 0.3) is 0 Å². The lowest BCUT2D eigenvalue weighted by Gasteiger charge is -2.28. The second-order valence-electron chi connectivity index (χ2n) is 7.44. The predicted octanol–water partition coefficient (Wildman–Crippen LogP) is 4.04. The maximum absolute atomic E-state index is 13.6. The fourth-order valence-corrected chi connectivity index (χ4v) is 4.00. The first-order valence-electron chi connectivity index (χ1n) is 10.5. The first kappa shape index (κ1) is 24.2. The summed E-state index contributed by atoms with van der Waals surface area (Å²) in [5.41, 5.74) is 2.58. The Kier molecular flexibility index (Phi) is 8.02. The highest BCUT2D eigenvalue weighted by Gasteiger charge is 2.33. The molecule has 1 heterocycles. The number of hydrogen-bond acceptors (Lipinski definition) is 5. The Bertz CT molecular complexity index is 977. The van der Waals surface area contributed by atoms with E-state index >= 15 is 0 Å². The SMILES string of the molecule is CCCN(C(=O)c1cccc(OC)c1)C(C)C(=O)c1c(C)c(C(=O)OC)n(CC)c1C. The molecule has 7 heteroatoms. The monoisotopic (exact) mass is 428 g/mol. The number of methoxy groups -OCH3 is 2. The van der Waals surface area contributed by atoms with Crippen molar-refractivity contribution in [3.63, 3.8) is 0 Å². The third-order valence-corrected chi connectivity index (χ3v) is 5.60. The minimum Gasteiger partial charge on any atom is -0.497 e. The van der Waals surface area contributed by atoms with Crippen LogP contribution in [0.1, 0.15) is 69.7 Å². The van der Waals surface area contributed by atoms with Crippen LogP contribution in [-0.2, 0) is 11.3 Å². The van der Waals surface area contributed by atoms with Crippen molar-refractivity contribution in [3.05, 3.63) is 52.3 Å². The lowest BCUT2D eigenvalue weighted by atomic mass is 9.99. The van der Waals surface area contributed by atoms with Gasteiger partial charge in [-0.05, 0) is 57.9 Å². The van der Waals surface area contributed by atoms with Crippen molar-refractivity contribution in [1.29, 1.82) is 0 Å². The van der Waals surface area contributed by atoms with Crippen LogP contribution < -0.4 is 4.74 Å². The summed E-state index contributed by atoms with van der Waals surface area (Å²) in [6, 6.07) is 6.20. The van der Waals surface area contributed by atoms with Crippen LogP contribution in [0.15, 0.2) is 24.3 Å². The molecule has 0 saturated heterocycles. The zero-order valence-electron chi connectivity index (χ0n) is 19.4. The van der Waals surface area contributed by atoms with E-state index in [0.29, 0.717) is 53.3 Å². The average molecular weight is 429 g/mol. The van der Waals surface area contributed by atoms with Crippen molar-refractivity contribution in [2.24, 2.45) is 0 Å². The van der Waals surface area contributed by atoms with E-state index in [-0.39, 0.29) is 11.7 Å². The molecule has 1 aromatic carbocycles. The lowest BCUT2D eigenvalue weighted by molar-refractivity contribution is 0.0586. The Morgan fingerprint density at radius 1 is 1.13 bits per heavy atom. The van der Waals surface area contributed by atoms with Gasteiger partial charge in [-0.25, -0.2) is 4.79 Å². The summed E-state index contributed by atoms with van der Waals surface area (Å²) in [5, 5.41) is 0. The van der Waals surface area contributed by atoms with E-state index in [1.165, 1.54) is 7.11 Å². The maximum Gasteiger partial charge on any atom is 0.354 e. The predicted molar refractivity (Wildman–Crippen MR) is 119 cm³/mol. The molecule has 1 aromatic heterocycles. The van der Waals surface area contributed by atoms with E-state index in [1.54, 1.807) is 54.7 Å². The van der Waals surface area contributed by atoms with Crippen LogP contribution in [0.5, 0.6) is 5.75 Å². The van der Waals surface area contributed by atoms with Crippen molar-refractivity contribution < 1.29 is 23.9 Å². The van der Waals surface area contributed by atoms with Gasteiger partial charge in [-0.3, -0.25) is 9.59 Å². The molecule has 0 fully saturated rings. The van der Waals surface area contributed by atoms with Crippen LogP contribution in [0.3, 0.4) is 0 Å². The van der Waals surface area contributed by atoms with Crippen LogP contribution in [0.4, 0.5) is 0 Å². The summed E-state index contributed by atoms with van der Waals surface area (Å²) in [6.45, 7) is 10.1. The summed E-state index contributed by atoms with van der Waals surface area (Å²) >= 11 is 0. The Balaban J connectivity index is 2.48. The minimum atomic E-state index is -0.700. The Morgan fingerprint density at radius 2 is 1.81 bits per heavy atom. The standard InChI is InChI=1S/C24H32N2O5/c1-8-13-26(23(28)18-11-10-12-19(14-18)30-6)17(5)22(27)20-15(3)21(24(29)31-7)25(9-2)16(20)4/h10-12,14,17H,8-9,13H2,1-7H3. The quantitative estimate of drug-likeness (QED) is 0.445. The number of aromatic nitrogens is 1. The number of ether oxygens (including phenoxy) is 2. The number of nitrogens with zero attached hydrogens (tertiary/aromatic N) is 2. The zero-order valence-corrected chi connectivity index (χ0v) is 19.4. The Hall–Kier alpha value is -3.09. The second kappa shape index (κ2) is 10.3. The fraction of sp³-hybridized carbons (Fsp3) is 0.458. The molecule has 31 heavy (non-hydrogen) atoms. The summed E-state index contributed by atoms with van der Waals surface area (Å²) in [5.74, 6) is -0.334. The molecule has 0 radical (unpaired) electrons. The second-order valence-corrected chi connectivity index (χ2v) is 7.44. The third kappa shape index (κ3) is 4.65. The number of amides is 1. The molecule has 0 aliphatic carbocycles. The zero-order chi connectivity index (χ0) is 23.3. The summed E-state index contributed by atoms with van der Waals surface area (Å²) in [7, 11) is 2.87. The number of ketones is 1.